The number of carbonyl (C=O) groups excluding carboxylic acids is 4. The van der Waals surface area contributed by atoms with Crippen LogP contribution in [0.2, 0.25) is 0 Å². The van der Waals surface area contributed by atoms with E-state index >= 15 is 0 Å². The summed E-state index contributed by atoms with van der Waals surface area (Å²) in [5.41, 5.74) is 1.61. The highest BCUT2D eigenvalue weighted by molar-refractivity contribution is 5.92. The van der Waals surface area contributed by atoms with Crippen LogP contribution in [0.4, 0.5) is 0 Å². The summed E-state index contributed by atoms with van der Waals surface area (Å²) in [4.78, 5) is 48.0. The molecule has 1 fully saturated rings. The van der Waals surface area contributed by atoms with Gasteiger partial charge in [-0.1, -0.05) is 12.7 Å². The molecule has 0 aromatic carbocycles. The van der Waals surface area contributed by atoms with E-state index in [0.717, 1.165) is 0 Å². The van der Waals surface area contributed by atoms with E-state index < -0.39 is 48.1 Å². The van der Waals surface area contributed by atoms with E-state index in [-0.39, 0.29) is 37.2 Å². The topological polar surface area (TPSA) is 125 Å². The summed E-state index contributed by atoms with van der Waals surface area (Å²) in [6.07, 6.45) is 2.90. The molecule has 1 saturated heterocycles. The lowest BCUT2D eigenvalue weighted by Gasteiger charge is -2.29. The van der Waals surface area contributed by atoms with Crippen LogP contribution in [0.3, 0.4) is 0 Å². The summed E-state index contributed by atoms with van der Waals surface area (Å²) < 4.78 is 21.8. The zero-order valence-corrected chi connectivity index (χ0v) is 19.3. The van der Waals surface area contributed by atoms with Crippen LogP contribution in [0.15, 0.2) is 47.1 Å². The third-order valence-corrected chi connectivity index (χ3v) is 5.43. The largest absolute Gasteiger partial charge is 0.461 e. The van der Waals surface area contributed by atoms with Gasteiger partial charge < -0.3 is 24.1 Å². The van der Waals surface area contributed by atoms with Crippen molar-refractivity contribution in [3.63, 3.8) is 0 Å². The van der Waals surface area contributed by atoms with E-state index in [4.69, 9.17) is 24.1 Å². The summed E-state index contributed by atoms with van der Waals surface area (Å²) in [5, 5.41) is 9.09. The summed E-state index contributed by atoms with van der Waals surface area (Å²) in [7, 11) is 0. The molecule has 0 bridgehead atoms. The van der Waals surface area contributed by atoms with Gasteiger partial charge in [0.1, 0.15) is 24.9 Å². The Hall–Kier alpha value is -3.20. The average Bonchev–Trinajstić information content (AvgIpc) is 3.00. The van der Waals surface area contributed by atoms with Crippen molar-refractivity contribution in [3.05, 3.63) is 47.1 Å². The van der Waals surface area contributed by atoms with E-state index in [1.54, 1.807) is 19.1 Å². The molecule has 0 spiro atoms. The van der Waals surface area contributed by atoms with Gasteiger partial charge in [-0.2, -0.15) is 0 Å². The Labute approximate surface area is 192 Å². The number of aliphatic hydroxyl groups excluding tert-OH is 1. The first-order valence-electron chi connectivity index (χ1n) is 10.6. The molecule has 33 heavy (non-hydrogen) atoms. The van der Waals surface area contributed by atoms with Crippen LogP contribution in [-0.2, 0) is 38.1 Å². The van der Waals surface area contributed by atoms with Crippen molar-refractivity contribution in [2.45, 2.75) is 58.8 Å². The lowest BCUT2D eigenvalue weighted by Crippen LogP contribution is -2.35. The van der Waals surface area contributed by atoms with Crippen LogP contribution in [0, 0.1) is 5.92 Å². The van der Waals surface area contributed by atoms with Crippen LogP contribution < -0.4 is 0 Å². The van der Waals surface area contributed by atoms with Gasteiger partial charge in [0, 0.05) is 37.8 Å². The molecule has 0 radical (unpaired) electrons. The number of rotatable bonds is 6. The van der Waals surface area contributed by atoms with Gasteiger partial charge in [-0.3, -0.25) is 9.59 Å². The maximum atomic E-state index is 12.6. The molecule has 9 heteroatoms. The Kier molecular flexibility index (Phi) is 9.16. The number of esters is 4. The minimum Gasteiger partial charge on any atom is -0.461 e. The third kappa shape index (κ3) is 7.15. The zero-order chi connectivity index (χ0) is 24.7. The van der Waals surface area contributed by atoms with Crippen molar-refractivity contribution in [2.75, 3.05) is 13.2 Å². The van der Waals surface area contributed by atoms with Gasteiger partial charge in [-0.15, -0.1) is 0 Å². The summed E-state index contributed by atoms with van der Waals surface area (Å²) in [6.45, 7) is 9.26. The fourth-order valence-electron chi connectivity index (χ4n) is 3.69. The zero-order valence-electron chi connectivity index (χ0n) is 19.3. The maximum absolute atomic E-state index is 12.6. The number of carbonyl (C=O) groups is 4. The molecule has 1 aliphatic carbocycles. The quantitative estimate of drug-likeness (QED) is 0.273. The third-order valence-electron chi connectivity index (χ3n) is 5.43. The summed E-state index contributed by atoms with van der Waals surface area (Å²) >= 11 is 0. The standard InChI is InChI=1S/C24H30O9/c1-13(8-9-25)23(28)32-21-11-18(12-30-16(4)26)6-7-19(31-17(5)27)14(2)10-20-22(21)15(3)24(29)33-20/h6,8,10,19-22,25H,3,7,9,11-12H2,1-2,4-5H3/b13-8+,14-10?,18-6?/t19-,20+,21+,22-/m0/s1. The van der Waals surface area contributed by atoms with Crippen LogP contribution in [-0.4, -0.2) is 60.5 Å². The van der Waals surface area contributed by atoms with Gasteiger partial charge in [0.25, 0.3) is 0 Å². The van der Waals surface area contributed by atoms with Gasteiger partial charge in [-0.05, 0) is 37.1 Å². The smallest absolute Gasteiger partial charge is 0.334 e. The van der Waals surface area contributed by atoms with Crippen molar-refractivity contribution in [1.82, 2.24) is 0 Å². The average molecular weight is 462 g/mol. The van der Waals surface area contributed by atoms with Crippen molar-refractivity contribution >= 4 is 23.9 Å². The Bertz CT molecular complexity index is 909. The SMILES string of the molecule is C=C1C(=O)O[C@@H]2C=C(C)[C@@H](OC(C)=O)CC=C(COC(C)=O)C[C@@H](OC(=O)/C(C)=C/CO)[C@@H]12. The van der Waals surface area contributed by atoms with Crippen molar-refractivity contribution in [3.8, 4) is 0 Å². The predicted molar refractivity (Wildman–Crippen MR) is 116 cm³/mol. The lowest BCUT2D eigenvalue weighted by atomic mass is 9.85. The van der Waals surface area contributed by atoms with E-state index in [9.17, 15) is 19.2 Å². The molecule has 1 aliphatic heterocycles. The number of hydrogen-bond donors (Lipinski definition) is 1. The van der Waals surface area contributed by atoms with Crippen molar-refractivity contribution in [2.24, 2.45) is 5.92 Å². The van der Waals surface area contributed by atoms with Gasteiger partial charge in [0.15, 0.2) is 0 Å². The fourth-order valence-corrected chi connectivity index (χ4v) is 3.69. The molecule has 1 N–H and O–H groups in total. The van der Waals surface area contributed by atoms with Crippen LogP contribution in [0.1, 0.15) is 40.5 Å². The first-order chi connectivity index (χ1) is 15.5. The molecule has 1 heterocycles. The minimum absolute atomic E-state index is 0.0664. The van der Waals surface area contributed by atoms with E-state index in [1.807, 2.05) is 0 Å². The summed E-state index contributed by atoms with van der Waals surface area (Å²) in [6, 6.07) is 0. The second-order valence-electron chi connectivity index (χ2n) is 8.03. The molecular formula is C24H30O9. The molecule has 0 aromatic rings. The van der Waals surface area contributed by atoms with Crippen LogP contribution in [0.25, 0.3) is 0 Å². The van der Waals surface area contributed by atoms with Gasteiger partial charge >= 0.3 is 23.9 Å². The van der Waals surface area contributed by atoms with Crippen molar-refractivity contribution in [1.29, 1.82) is 0 Å². The molecule has 2 aliphatic rings. The molecule has 0 amide bonds. The lowest BCUT2D eigenvalue weighted by molar-refractivity contribution is -0.148. The molecular weight excluding hydrogens is 432 g/mol. The minimum atomic E-state index is -0.861. The number of hydrogen-bond acceptors (Lipinski definition) is 9. The first kappa shape index (κ1) is 26.1. The Morgan fingerprint density at radius 2 is 1.91 bits per heavy atom. The van der Waals surface area contributed by atoms with E-state index in [1.165, 1.54) is 26.8 Å². The second kappa shape index (κ2) is 11.6. The number of ether oxygens (including phenoxy) is 4. The normalized spacial score (nSPS) is 25.8. The Morgan fingerprint density at radius 1 is 1.21 bits per heavy atom. The van der Waals surface area contributed by atoms with Gasteiger partial charge in [0.2, 0.25) is 0 Å². The number of fused-ring (bicyclic) bond motifs is 1. The second-order valence-corrected chi connectivity index (χ2v) is 8.03. The van der Waals surface area contributed by atoms with Gasteiger partial charge in [-0.25, -0.2) is 9.59 Å². The monoisotopic (exact) mass is 462 g/mol. The molecule has 0 unspecified atom stereocenters. The highest BCUT2D eigenvalue weighted by Gasteiger charge is 2.45. The van der Waals surface area contributed by atoms with Gasteiger partial charge in [0.05, 0.1) is 12.5 Å². The molecule has 0 aromatic heterocycles. The number of aliphatic hydroxyl groups is 1. The van der Waals surface area contributed by atoms with Crippen LogP contribution >= 0.6 is 0 Å². The summed E-state index contributed by atoms with van der Waals surface area (Å²) in [5.74, 6) is -2.95. The highest BCUT2D eigenvalue weighted by atomic mass is 16.6. The van der Waals surface area contributed by atoms with E-state index in [2.05, 4.69) is 6.58 Å². The molecule has 180 valence electrons. The molecule has 2 rings (SSSR count). The Balaban J connectivity index is 2.50. The predicted octanol–water partition coefficient (Wildman–Crippen LogP) is 2.10. The molecule has 4 atom stereocenters. The van der Waals surface area contributed by atoms with Crippen LogP contribution in [0.5, 0.6) is 0 Å². The molecule has 0 saturated carbocycles. The fraction of sp³-hybridized carbons (Fsp3) is 0.500. The maximum Gasteiger partial charge on any atom is 0.334 e. The first-order valence-corrected chi connectivity index (χ1v) is 10.6. The van der Waals surface area contributed by atoms with Crippen molar-refractivity contribution < 1.29 is 43.2 Å². The molecule has 9 nitrogen and oxygen atoms in total. The van der Waals surface area contributed by atoms with E-state index in [0.29, 0.717) is 11.1 Å². The highest BCUT2D eigenvalue weighted by Crippen LogP contribution is 2.37. The Morgan fingerprint density at radius 3 is 2.52 bits per heavy atom.